The molecular weight excluding hydrogens is 484 g/mol. The van der Waals surface area contributed by atoms with E-state index in [1.54, 1.807) is 36.4 Å². The van der Waals surface area contributed by atoms with Gasteiger partial charge in [-0.1, -0.05) is 6.07 Å². The fourth-order valence-corrected chi connectivity index (χ4v) is 3.92. The molecule has 5 N–H and O–H groups in total. The Morgan fingerprint density at radius 2 is 1.84 bits per heavy atom. The predicted octanol–water partition coefficient (Wildman–Crippen LogP) is 2.06. The quantitative estimate of drug-likeness (QED) is 0.314. The third-order valence-electron chi connectivity index (χ3n) is 6.15. The zero-order valence-electron chi connectivity index (χ0n) is 22.5. The lowest BCUT2D eigenvalue weighted by Gasteiger charge is -2.25. The molecule has 1 unspecified atom stereocenters. The van der Waals surface area contributed by atoms with Gasteiger partial charge in [0, 0.05) is 43.2 Å². The van der Waals surface area contributed by atoms with Gasteiger partial charge in [0.1, 0.15) is 24.7 Å². The van der Waals surface area contributed by atoms with Crippen molar-refractivity contribution in [3.63, 3.8) is 0 Å². The zero-order chi connectivity index (χ0) is 27.7. The summed E-state index contributed by atoms with van der Waals surface area (Å²) in [5.41, 5.74) is 8.79. The second kappa shape index (κ2) is 13.6. The molecule has 1 atom stereocenters. The molecule has 0 saturated heterocycles. The zero-order valence-corrected chi connectivity index (χ0v) is 22.5. The summed E-state index contributed by atoms with van der Waals surface area (Å²) in [5, 5.41) is 13.5. The van der Waals surface area contributed by atoms with E-state index in [2.05, 4.69) is 10.6 Å². The van der Waals surface area contributed by atoms with Crippen LogP contribution < -0.4 is 25.8 Å². The van der Waals surface area contributed by atoms with E-state index < -0.39 is 5.92 Å². The first-order valence-corrected chi connectivity index (χ1v) is 12.6. The van der Waals surface area contributed by atoms with E-state index in [-0.39, 0.29) is 18.4 Å². The van der Waals surface area contributed by atoms with E-state index in [1.807, 2.05) is 38.0 Å². The summed E-state index contributed by atoms with van der Waals surface area (Å²) in [6.45, 7) is 2.64. The standard InChI is InChI=1S/C28H38N6O4/c1-33(2)10-9-31-27(35)20-6-8-25-21(13-20)14-22(18-38-25)28(36)32-24-7-5-19(23(16-29)17-30)15-26(24)37-12-11-34(3)4/h5-8,13,15-17,22,29H,9-12,14,18,30H2,1-4H3,(H,31,35)(H,32,36)/b23-17+,29-16?. The topological polar surface area (TPSA) is 133 Å². The summed E-state index contributed by atoms with van der Waals surface area (Å²) >= 11 is 0. The number of hydrogen-bond acceptors (Lipinski definition) is 8. The third-order valence-corrected chi connectivity index (χ3v) is 6.15. The lowest BCUT2D eigenvalue weighted by Crippen LogP contribution is -2.33. The molecule has 204 valence electrons. The number of likely N-dealkylation sites (N-methyl/N-ethyl adjacent to an activating group) is 2. The van der Waals surface area contributed by atoms with Crippen LogP contribution in [0, 0.1) is 11.3 Å². The van der Waals surface area contributed by atoms with E-state index in [4.69, 9.17) is 20.6 Å². The van der Waals surface area contributed by atoms with Gasteiger partial charge in [-0.05, 0) is 76.1 Å². The van der Waals surface area contributed by atoms with E-state index in [0.717, 1.165) is 12.1 Å². The molecule has 1 aliphatic heterocycles. The average Bonchev–Trinajstić information content (AvgIpc) is 2.89. The molecule has 3 rings (SSSR count). The molecule has 2 amide bonds. The number of nitrogens with one attached hydrogen (secondary N) is 3. The van der Waals surface area contributed by atoms with Crippen LogP contribution in [0.4, 0.5) is 5.69 Å². The number of benzene rings is 2. The minimum atomic E-state index is -0.440. The van der Waals surface area contributed by atoms with Crippen LogP contribution in [0.5, 0.6) is 11.5 Å². The van der Waals surface area contributed by atoms with Crippen LogP contribution in [0.25, 0.3) is 5.57 Å². The van der Waals surface area contributed by atoms with Crippen molar-refractivity contribution in [1.29, 1.82) is 5.41 Å². The normalized spacial score (nSPS) is 15.0. The van der Waals surface area contributed by atoms with Crippen LogP contribution in [0.1, 0.15) is 21.5 Å². The van der Waals surface area contributed by atoms with Crippen molar-refractivity contribution in [3.05, 3.63) is 59.3 Å². The number of nitrogens with two attached hydrogens (primary N) is 1. The van der Waals surface area contributed by atoms with Gasteiger partial charge >= 0.3 is 0 Å². The molecule has 0 radical (unpaired) electrons. The van der Waals surface area contributed by atoms with E-state index in [1.165, 1.54) is 12.4 Å². The number of ether oxygens (including phenoxy) is 2. The maximum absolute atomic E-state index is 13.3. The van der Waals surface area contributed by atoms with Gasteiger partial charge in [0.05, 0.1) is 11.6 Å². The highest BCUT2D eigenvalue weighted by atomic mass is 16.5. The van der Waals surface area contributed by atoms with Crippen LogP contribution in [-0.4, -0.2) is 88.9 Å². The van der Waals surface area contributed by atoms with Crippen LogP contribution in [-0.2, 0) is 11.2 Å². The van der Waals surface area contributed by atoms with Crippen molar-refractivity contribution in [2.24, 2.45) is 11.7 Å². The molecule has 0 aliphatic carbocycles. The smallest absolute Gasteiger partial charge is 0.251 e. The second-order valence-corrected chi connectivity index (χ2v) is 9.71. The molecule has 2 aromatic carbocycles. The number of hydrogen-bond donors (Lipinski definition) is 4. The third kappa shape index (κ3) is 7.80. The number of nitrogens with zero attached hydrogens (tertiary/aromatic N) is 2. The van der Waals surface area contributed by atoms with E-state index in [9.17, 15) is 9.59 Å². The molecule has 2 aromatic rings. The largest absolute Gasteiger partial charge is 0.492 e. The van der Waals surface area contributed by atoms with Gasteiger partial charge in [0.2, 0.25) is 5.91 Å². The first kappa shape index (κ1) is 28.7. The Hall–Kier alpha value is -3.89. The van der Waals surface area contributed by atoms with Crippen LogP contribution >= 0.6 is 0 Å². The molecule has 0 bridgehead atoms. The summed E-state index contributed by atoms with van der Waals surface area (Å²) in [7, 11) is 7.80. The van der Waals surface area contributed by atoms with Crippen molar-refractivity contribution < 1.29 is 19.1 Å². The Bertz CT molecular complexity index is 1180. The lowest BCUT2D eigenvalue weighted by atomic mass is 9.94. The van der Waals surface area contributed by atoms with Crippen LogP contribution in [0.2, 0.25) is 0 Å². The Morgan fingerprint density at radius 3 is 2.53 bits per heavy atom. The SMILES string of the molecule is CN(C)CCNC(=O)c1ccc2c(c1)CC(C(=O)Nc1ccc(/C(C=N)=C/N)cc1OCCN(C)C)CO2. The van der Waals surface area contributed by atoms with Gasteiger partial charge < -0.3 is 41.1 Å². The highest BCUT2D eigenvalue weighted by molar-refractivity contribution is 6.08. The van der Waals surface area contributed by atoms with Gasteiger partial charge in [-0.25, -0.2) is 0 Å². The Labute approximate surface area is 224 Å². The van der Waals surface area contributed by atoms with Crippen molar-refractivity contribution in [2.75, 3.05) is 66.4 Å². The summed E-state index contributed by atoms with van der Waals surface area (Å²) in [6, 6.07) is 10.6. The van der Waals surface area contributed by atoms with Crippen LogP contribution in [0.15, 0.2) is 42.6 Å². The van der Waals surface area contributed by atoms with Crippen molar-refractivity contribution in [2.45, 2.75) is 6.42 Å². The fraction of sp³-hybridized carbons (Fsp3) is 0.393. The summed E-state index contributed by atoms with van der Waals surface area (Å²) in [6.07, 6.45) is 2.98. The minimum absolute atomic E-state index is 0.156. The van der Waals surface area contributed by atoms with E-state index in [0.29, 0.717) is 60.0 Å². The lowest BCUT2D eigenvalue weighted by molar-refractivity contribution is -0.121. The van der Waals surface area contributed by atoms with Gasteiger partial charge in [-0.2, -0.15) is 0 Å². The molecule has 0 spiro atoms. The van der Waals surface area contributed by atoms with Crippen molar-refractivity contribution >= 4 is 29.3 Å². The molecule has 38 heavy (non-hydrogen) atoms. The summed E-state index contributed by atoms with van der Waals surface area (Å²) < 4.78 is 11.8. The average molecular weight is 523 g/mol. The van der Waals surface area contributed by atoms with Crippen molar-refractivity contribution in [1.82, 2.24) is 15.1 Å². The predicted molar refractivity (Wildman–Crippen MR) is 150 cm³/mol. The molecule has 10 nitrogen and oxygen atoms in total. The highest BCUT2D eigenvalue weighted by Crippen LogP contribution is 2.32. The van der Waals surface area contributed by atoms with Gasteiger partial charge in [-0.15, -0.1) is 0 Å². The number of anilines is 1. The number of carbonyl (C=O) groups excluding carboxylic acids is 2. The number of allylic oxidation sites excluding steroid dienone is 1. The van der Waals surface area contributed by atoms with Gasteiger partial charge in [0.15, 0.2) is 0 Å². The number of carbonyl (C=O) groups is 2. The molecule has 10 heteroatoms. The maximum atomic E-state index is 13.3. The monoisotopic (exact) mass is 522 g/mol. The molecule has 0 fully saturated rings. The number of amides is 2. The highest BCUT2D eigenvalue weighted by Gasteiger charge is 2.27. The summed E-state index contributed by atoms with van der Waals surface area (Å²) in [4.78, 5) is 29.8. The Balaban J connectivity index is 1.73. The van der Waals surface area contributed by atoms with Crippen molar-refractivity contribution in [3.8, 4) is 11.5 Å². The van der Waals surface area contributed by atoms with Gasteiger partial charge in [0.25, 0.3) is 5.91 Å². The Morgan fingerprint density at radius 1 is 1.11 bits per heavy atom. The molecule has 1 heterocycles. The minimum Gasteiger partial charge on any atom is -0.492 e. The summed E-state index contributed by atoms with van der Waals surface area (Å²) in [5.74, 6) is 0.376. The Kier molecular flexibility index (Phi) is 10.3. The fourth-order valence-electron chi connectivity index (χ4n) is 3.92. The second-order valence-electron chi connectivity index (χ2n) is 9.71. The van der Waals surface area contributed by atoms with E-state index >= 15 is 0 Å². The maximum Gasteiger partial charge on any atom is 0.251 e. The number of rotatable bonds is 12. The molecular formula is C28H38N6O4. The molecule has 0 aromatic heterocycles. The molecule has 1 aliphatic rings. The number of fused-ring (bicyclic) bond motifs is 1. The molecule has 0 saturated carbocycles. The van der Waals surface area contributed by atoms with Gasteiger partial charge in [-0.3, -0.25) is 9.59 Å². The first-order chi connectivity index (χ1) is 18.2. The first-order valence-electron chi connectivity index (χ1n) is 12.6. The van der Waals surface area contributed by atoms with Crippen LogP contribution in [0.3, 0.4) is 0 Å².